The molecule has 1 fully saturated rings. The van der Waals surface area contributed by atoms with E-state index in [1.54, 1.807) is 4.90 Å². The quantitative estimate of drug-likeness (QED) is 0.646. The van der Waals surface area contributed by atoms with Gasteiger partial charge in [0.25, 0.3) is 0 Å². The van der Waals surface area contributed by atoms with Crippen molar-refractivity contribution in [2.75, 3.05) is 26.2 Å². The first kappa shape index (κ1) is 20.0. The molecule has 4 rings (SSSR count). The van der Waals surface area contributed by atoms with Crippen molar-refractivity contribution in [2.24, 2.45) is 0 Å². The second-order valence-electron chi connectivity index (χ2n) is 7.48. The van der Waals surface area contributed by atoms with E-state index in [-0.39, 0.29) is 18.3 Å². The average molecular weight is 410 g/mol. The Morgan fingerprint density at radius 3 is 2.53 bits per heavy atom. The van der Waals surface area contributed by atoms with E-state index < -0.39 is 11.6 Å². The molecule has 7 nitrogen and oxygen atoms in total. The van der Waals surface area contributed by atoms with E-state index in [9.17, 15) is 14.0 Å². The maximum atomic E-state index is 13.1. The molecule has 2 aromatic carbocycles. The Morgan fingerprint density at radius 1 is 1.10 bits per heavy atom. The van der Waals surface area contributed by atoms with E-state index in [2.05, 4.69) is 41.2 Å². The lowest BCUT2D eigenvalue weighted by Gasteiger charge is -2.34. The largest absolute Gasteiger partial charge is 0.437 e. The van der Waals surface area contributed by atoms with Crippen LogP contribution in [-0.2, 0) is 17.9 Å². The van der Waals surface area contributed by atoms with Crippen molar-refractivity contribution >= 4 is 5.91 Å². The Labute approximate surface area is 173 Å². The molecule has 0 bridgehead atoms. The fourth-order valence-electron chi connectivity index (χ4n) is 3.57. The van der Waals surface area contributed by atoms with Crippen LogP contribution in [0.25, 0.3) is 11.5 Å². The predicted octanol–water partition coefficient (Wildman–Crippen LogP) is 2.30. The van der Waals surface area contributed by atoms with Crippen LogP contribution in [0.15, 0.2) is 57.7 Å². The number of carbonyl (C=O) groups excluding carboxylic acids is 1. The number of nitrogens with zero attached hydrogens (tertiary/aromatic N) is 4. The standard InChI is InChI=1S/C22H23FN4O3/c1-16-3-2-4-17(13-16)14-25-9-11-26(12-10-25)20(28)15-27-22(29)30-21(24-27)18-5-7-19(23)8-6-18/h2-8,13H,9-12,14-15H2,1H3. The van der Waals surface area contributed by atoms with Crippen molar-refractivity contribution in [2.45, 2.75) is 20.0 Å². The molecule has 1 aliphatic rings. The molecule has 2 heterocycles. The van der Waals surface area contributed by atoms with Gasteiger partial charge in [-0.25, -0.2) is 9.18 Å². The molecule has 0 atom stereocenters. The Kier molecular flexibility index (Phi) is 5.76. The van der Waals surface area contributed by atoms with Gasteiger partial charge in [0.2, 0.25) is 11.8 Å². The summed E-state index contributed by atoms with van der Waals surface area (Å²) in [6, 6.07) is 13.9. The zero-order valence-corrected chi connectivity index (χ0v) is 16.8. The van der Waals surface area contributed by atoms with Crippen molar-refractivity contribution in [3.05, 3.63) is 76.0 Å². The second kappa shape index (κ2) is 8.62. The molecule has 1 aliphatic heterocycles. The number of amides is 1. The maximum absolute atomic E-state index is 13.1. The molecular weight excluding hydrogens is 387 g/mol. The van der Waals surface area contributed by atoms with Crippen molar-refractivity contribution in [3.8, 4) is 11.5 Å². The Balaban J connectivity index is 1.34. The zero-order chi connectivity index (χ0) is 21.1. The lowest BCUT2D eigenvalue weighted by Crippen LogP contribution is -2.49. The van der Waals surface area contributed by atoms with Crippen molar-refractivity contribution in [1.82, 2.24) is 19.6 Å². The van der Waals surface area contributed by atoms with Crippen LogP contribution < -0.4 is 5.76 Å². The van der Waals surface area contributed by atoms with Gasteiger partial charge in [0.15, 0.2) is 0 Å². The van der Waals surface area contributed by atoms with Crippen LogP contribution in [0.3, 0.4) is 0 Å². The highest BCUT2D eigenvalue weighted by Gasteiger charge is 2.23. The third-order valence-electron chi connectivity index (χ3n) is 5.20. The predicted molar refractivity (Wildman–Crippen MR) is 109 cm³/mol. The van der Waals surface area contributed by atoms with Crippen LogP contribution in [0, 0.1) is 12.7 Å². The summed E-state index contributed by atoms with van der Waals surface area (Å²) in [4.78, 5) is 28.8. The van der Waals surface area contributed by atoms with E-state index in [4.69, 9.17) is 4.42 Å². The summed E-state index contributed by atoms with van der Waals surface area (Å²) in [5, 5.41) is 4.08. The fraction of sp³-hybridized carbons (Fsp3) is 0.318. The van der Waals surface area contributed by atoms with Crippen LogP contribution >= 0.6 is 0 Å². The number of hydrogen-bond donors (Lipinski definition) is 0. The van der Waals surface area contributed by atoms with Crippen LogP contribution in [0.5, 0.6) is 0 Å². The molecule has 1 aromatic heterocycles. The first-order valence-corrected chi connectivity index (χ1v) is 9.87. The summed E-state index contributed by atoms with van der Waals surface area (Å²) >= 11 is 0. The van der Waals surface area contributed by atoms with E-state index in [0.717, 1.165) is 24.3 Å². The molecule has 156 valence electrons. The summed E-state index contributed by atoms with van der Waals surface area (Å²) in [5.74, 6) is -1.21. The molecule has 1 amide bonds. The van der Waals surface area contributed by atoms with E-state index >= 15 is 0 Å². The molecule has 1 saturated heterocycles. The Bertz CT molecular complexity index is 1080. The average Bonchev–Trinajstić information content (AvgIpc) is 3.09. The highest BCUT2D eigenvalue weighted by Crippen LogP contribution is 2.16. The third-order valence-corrected chi connectivity index (χ3v) is 5.20. The molecule has 3 aromatic rings. The van der Waals surface area contributed by atoms with Gasteiger partial charge >= 0.3 is 5.76 Å². The highest BCUT2D eigenvalue weighted by molar-refractivity contribution is 5.76. The van der Waals surface area contributed by atoms with Crippen molar-refractivity contribution in [3.63, 3.8) is 0 Å². The topological polar surface area (TPSA) is 71.6 Å². The minimum atomic E-state index is -0.708. The Hall–Kier alpha value is -3.26. The number of aromatic nitrogens is 2. The van der Waals surface area contributed by atoms with Crippen LogP contribution in [0.4, 0.5) is 4.39 Å². The minimum Gasteiger partial charge on any atom is -0.388 e. The SMILES string of the molecule is Cc1cccc(CN2CCN(C(=O)Cn3nc(-c4ccc(F)cc4)oc3=O)CC2)c1. The number of benzene rings is 2. The van der Waals surface area contributed by atoms with E-state index in [1.807, 2.05) is 0 Å². The molecular formula is C22H23FN4O3. The van der Waals surface area contributed by atoms with Gasteiger partial charge < -0.3 is 9.32 Å². The molecule has 30 heavy (non-hydrogen) atoms. The summed E-state index contributed by atoms with van der Waals surface area (Å²) in [5.41, 5.74) is 2.97. The first-order valence-electron chi connectivity index (χ1n) is 9.87. The number of piperazine rings is 1. The summed E-state index contributed by atoms with van der Waals surface area (Å²) in [7, 11) is 0. The van der Waals surface area contributed by atoms with Gasteiger partial charge in [0, 0.05) is 38.3 Å². The van der Waals surface area contributed by atoms with Crippen LogP contribution in [0.1, 0.15) is 11.1 Å². The fourth-order valence-corrected chi connectivity index (χ4v) is 3.57. The smallest absolute Gasteiger partial charge is 0.388 e. The molecule has 0 spiro atoms. The van der Waals surface area contributed by atoms with Gasteiger partial charge in [0.05, 0.1) is 0 Å². The molecule has 0 aliphatic carbocycles. The summed E-state index contributed by atoms with van der Waals surface area (Å²) in [6.45, 7) is 5.49. The number of hydrogen-bond acceptors (Lipinski definition) is 5. The summed E-state index contributed by atoms with van der Waals surface area (Å²) < 4.78 is 19.2. The van der Waals surface area contributed by atoms with Gasteiger partial charge in [-0.15, -0.1) is 5.10 Å². The van der Waals surface area contributed by atoms with Gasteiger partial charge in [-0.05, 0) is 36.8 Å². The molecule has 0 unspecified atom stereocenters. The third kappa shape index (κ3) is 4.65. The number of rotatable bonds is 5. The summed E-state index contributed by atoms with van der Waals surface area (Å²) in [6.07, 6.45) is 0. The van der Waals surface area contributed by atoms with E-state index in [0.29, 0.717) is 18.7 Å². The van der Waals surface area contributed by atoms with Crippen molar-refractivity contribution < 1.29 is 13.6 Å². The highest BCUT2D eigenvalue weighted by atomic mass is 19.1. The normalized spacial score (nSPS) is 14.8. The molecule has 8 heteroatoms. The molecule has 0 radical (unpaired) electrons. The Morgan fingerprint density at radius 2 is 1.83 bits per heavy atom. The first-order chi connectivity index (χ1) is 14.5. The van der Waals surface area contributed by atoms with Gasteiger partial charge in [-0.2, -0.15) is 4.68 Å². The number of aryl methyl sites for hydroxylation is 1. The zero-order valence-electron chi connectivity index (χ0n) is 16.8. The van der Waals surface area contributed by atoms with E-state index in [1.165, 1.54) is 35.4 Å². The van der Waals surface area contributed by atoms with Crippen molar-refractivity contribution in [1.29, 1.82) is 0 Å². The van der Waals surface area contributed by atoms with Crippen LogP contribution in [0.2, 0.25) is 0 Å². The monoisotopic (exact) mass is 410 g/mol. The van der Waals surface area contributed by atoms with Gasteiger partial charge in [-0.1, -0.05) is 29.8 Å². The second-order valence-corrected chi connectivity index (χ2v) is 7.48. The molecule has 0 saturated carbocycles. The minimum absolute atomic E-state index is 0.0655. The number of carbonyl (C=O) groups is 1. The number of halogens is 1. The molecule has 0 N–H and O–H groups in total. The van der Waals surface area contributed by atoms with Crippen LogP contribution in [-0.4, -0.2) is 51.7 Å². The lowest BCUT2D eigenvalue weighted by molar-refractivity contribution is -0.134. The lowest BCUT2D eigenvalue weighted by atomic mass is 10.1. The maximum Gasteiger partial charge on any atom is 0.437 e. The van der Waals surface area contributed by atoms with Gasteiger partial charge in [0.1, 0.15) is 12.4 Å². The van der Waals surface area contributed by atoms with Gasteiger partial charge in [-0.3, -0.25) is 9.69 Å².